The minimum absolute atomic E-state index is 0.0148. The molecule has 4 nitrogen and oxygen atoms in total. The molecule has 1 aliphatic rings. The number of esters is 1. The highest BCUT2D eigenvalue weighted by Gasteiger charge is 2.23. The first-order valence-electron chi connectivity index (χ1n) is 5.02. The molecule has 0 spiro atoms. The van der Waals surface area contributed by atoms with Crippen molar-refractivity contribution < 1.29 is 14.3 Å². The smallest absolute Gasteiger partial charge is 0.302 e. The molecule has 1 N–H and O–H groups in total. The summed E-state index contributed by atoms with van der Waals surface area (Å²) in [6, 6.07) is 0.263. The van der Waals surface area contributed by atoms with Crippen LogP contribution in [-0.4, -0.2) is 24.0 Å². The summed E-state index contributed by atoms with van der Waals surface area (Å²) >= 11 is 0. The van der Waals surface area contributed by atoms with Gasteiger partial charge in [-0.1, -0.05) is 0 Å². The highest BCUT2D eigenvalue weighted by atomic mass is 16.5. The van der Waals surface area contributed by atoms with Crippen molar-refractivity contribution in [2.75, 3.05) is 0 Å². The normalized spacial score (nSPS) is 26.7. The van der Waals surface area contributed by atoms with E-state index in [4.69, 9.17) is 4.74 Å². The van der Waals surface area contributed by atoms with Crippen molar-refractivity contribution in [1.82, 2.24) is 5.32 Å². The summed E-state index contributed by atoms with van der Waals surface area (Å²) in [4.78, 5) is 21.5. The third-order valence-corrected chi connectivity index (χ3v) is 2.41. The van der Waals surface area contributed by atoms with Gasteiger partial charge in [-0.3, -0.25) is 9.59 Å². The zero-order valence-electron chi connectivity index (χ0n) is 8.71. The topological polar surface area (TPSA) is 55.4 Å². The number of amides is 1. The molecular formula is C10H17NO3. The molecular weight excluding hydrogens is 182 g/mol. The van der Waals surface area contributed by atoms with E-state index in [0.717, 1.165) is 25.7 Å². The molecule has 0 bridgehead atoms. The van der Waals surface area contributed by atoms with Crippen molar-refractivity contribution in [3.05, 3.63) is 0 Å². The lowest BCUT2D eigenvalue weighted by atomic mass is 9.93. The Hall–Kier alpha value is -1.06. The van der Waals surface area contributed by atoms with Crippen LogP contribution in [0, 0.1) is 0 Å². The van der Waals surface area contributed by atoms with Gasteiger partial charge in [0, 0.05) is 19.9 Å². The number of ether oxygens (including phenoxy) is 1. The molecule has 0 aliphatic heterocycles. The van der Waals surface area contributed by atoms with Crippen LogP contribution in [0.4, 0.5) is 0 Å². The maximum Gasteiger partial charge on any atom is 0.302 e. The van der Waals surface area contributed by atoms with Crippen molar-refractivity contribution in [1.29, 1.82) is 0 Å². The molecule has 4 heteroatoms. The van der Waals surface area contributed by atoms with Crippen LogP contribution < -0.4 is 5.32 Å². The summed E-state index contributed by atoms with van der Waals surface area (Å²) in [6.45, 7) is 2.96. The van der Waals surface area contributed by atoms with Crippen molar-refractivity contribution in [3.8, 4) is 0 Å². The van der Waals surface area contributed by atoms with E-state index < -0.39 is 0 Å². The minimum atomic E-state index is -0.215. The van der Waals surface area contributed by atoms with Crippen LogP contribution in [-0.2, 0) is 14.3 Å². The first-order chi connectivity index (χ1) is 6.58. The fraction of sp³-hybridized carbons (Fsp3) is 0.800. The molecule has 1 saturated carbocycles. The number of rotatable bonds is 2. The number of carbonyl (C=O) groups excluding carboxylic acids is 2. The van der Waals surface area contributed by atoms with E-state index in [0.29, 0.717) is 0 Å². The highest BCUT2D eigenvalue weighted by Crippen LogP contribution is 2.21. The maximum atomic E-state index is 10.8. The summed E-state index contributed by atoms with van der Waals surface area (Å²) in [5, 5.41) is 2.88. The standard InChI is InChI=1S/C10H17NO3/c1-7(12)11-9-3-5-10(6-4-9)14-8(2)13/h9-10H,3-6H2,1-2H3,(H,11,12)/t9-,10+. The monoisotopic (exact) mass is 199 g/mol. The van der Waals surface area contributed by atoms with E-state index >= 15 is 0 Å². The molecule has 14 heavy (non-hydrogen) atoms. The van der Waals surface area contributed by atoms with E-state index in [2.05, 4.69) is 5.32 Å². The molecule has 0 aromatic carbocycles. The van der Waals surface area contributed by atoms with E-state index in [-0.39, 0.29) is 24.0 Å². The van der Waals surface area contributed by atoms with Gasteiger partial charge in [-0.25, -0.2) is 0 Å². The van der Waals surface area contributed by atoms with Crippen LogP contribution in [0.2, 0.25) is 0 Å². The minimum Gasteiger partial charge on any atom is -0.463 e. The third kappa shape index (κ3) is 3.77. The first kappa shape index (κ1) is 11.0. The van der Waals surface area contributed by atoms with Gasteiger partial charge in [0.1, 0.15) is 6.10 Å². The second-order valence-electron chi connectivity index (χ2n) is 3.78. The van der Waals surface area contributed by atoms with E-state index in [9.17, 15) is 9.59 Å². The van der Waals surface area contributed by atoms with Crippen LogP contribution in [0.15, 0.2) is 0 Å². The number of hydrogen-bond donors (Lipinski definition) is 1. The number of hydrogen-bond acceptors (Lipinski definition) is 3. The van der Waals surface area contributed by atoms with Gasteiger partial charge in [-0.05, 0) is 25.7 Å². The third-order valence-electron chi connectivity index (χ3n) is 2.41. The van der Waals surface area contributed by atoms with Crippen molar-refractivity contribution in [2.45, 2.75) is 51.7 Å². The van der Waals surface area contributed by atoms with E-state index in [1.807, 2.05) is 0 Å². The molecule has 0 atom stereocenters. The Kier molecular flexibility index (Phi) is 3.92. The molecule has 0 aromatic heterocycles. The lowest BCUT2D eigenvalue weighted by Crippen LogP contribution is -2.38. The summed E-state index contributed by atoms with van der Waals surface area (Å²) in [5.41, 5.74) is 0. The Labute approximate surface area is 84.0 Å². The fourth-order valence-electron chi connectivity index (χ4n) is 1.85. The van der Waals surface area contributed by atoms with Gasteiger partial charge < -0.3 is 10.1 Å². The highest BCUT2D eigenvalue weighted by molar-refractivity contribution is 5.73. The predicted octanol–water partition coefficient (Wildman–Crippen LogP) is 0.997. The van der Waals surface area contributed by atoms with Crippen LogP contribution in [0.25, 0.3) is 0 Å². The summed E-state index contributed by atoms with van der Waals surface area (Å²) < 4.78 is 5.09. The van der Waals surface area contributed by atoms with Crippen LogP contribution in [0.5, 0.6) is 0 Å². The second kappa shape index (κ2) is 4.98. The molecule has 1 rings (SSSR count). The Balaban J connectivity index is 2.24. The van der Waals surface area contributed by atoms with Gasteiger partial charge in [-0.2, -0.15) is 0 Å². The molecule has 0 heterocycles. The van der Waals surface area contributed by atoms with Crippen molar-refractivity contribution >= 4 is 11.9 Å². The van der Waals surface area contributed by atoms with Crippen molar-refractivity contribution in [2.24, 2.45) is 0 Å². The lowest BCUT2D eigenvalue weighted by Gasteiger charge is -2.28. The number of nitrogens with one attached hydrogen (secondary N) is 1. The molecule has 1 amide bonds. The Morgan fingerprint density at radius 1 is 1.14 bits per heavy atom. The lowest BCUT2D eigenvalue weighted by molar-refractivity contribution is -0.148. The van der Waals surface area contributed by atoms with Crippen molar-refractivity contribution in [3.63, 3.8) is 0 Å². The maximum absolute atomic E-state index is 10.8. The molecule has 0 aromatic rings. The Bertz CT molecular complexity index is 195. The SMILES string of the molecule is CC(=O)N[C@H]1CC[C@@H](OC(C)=O)CC1. The summed E-state index contributed by atoms with van der Waals surface area (Å²) in [7, 11) is 0. The molecule has 0 unspecified atom stereocenters. The van der Waals surface area contributed by atoms with Crippen LogP contribution >= 0.6 is 0 Å². The molecule has 80 valence electrons. The van der Waals surface area contributed by atoms with Gasteiger partial charge >= 0.3 is 5.97 Å². The molecule has 1 aliphatic carbocycles. The van der Waals surface area contributed by atoms with Gasteiger partial charge in [-0.15, -0.1) is 0 Å². The average molecular weight is 199 g/mol. The molecule has 1 fully saturated rings. The van der Waals surface area contributed by atoms with E-state index in [1.165, 1.54) is 13.8 Å². The van der Waals surface area contributed by atoms with Gasteiger partial charge in [0.05, 0.1) is 0 Å². The Morgan fingerprint density at radius 3 is 2.14 bits per heavy atom. The van der Waals surface area contributed by atoms with Crippen LogP contribution in [0.3, 0.4) is 0 Å². The average Bonchev–Trinajstić information content (AvgIpc) is 2.06. The predicted molar refractivity (Wildman–Crippen MR) is 51.6 cm³/mol. The quantitative estimate of drug-likeness (QED) is 0.675. The van der Waals surface area contributed by atoms with Gasteiger partial charge in [0.25, 0.3) is 0 Å². The summed E-state index contributed by atoms with van der Waals surface area (Å²) in [5.74, 6) is -0.200. The summed E-state index contributed by atoms with van der Waals surface area (Å²) in [6.07, 6.45) is 3.56. The fourth-order valence-corrected chi connectivity index (χ4v) is 1.85. The zero-order valence-corrected chi connectivity index (χ0v) is 8.71. The van der Waals surface area contributed by atoms with Gasteiger partial charge in [0.15, 0.2) is 0 Å². The zero-order chi connectivity index (χ0) is 10.6. The van der Waals surface area contributed by atoms with Crippen LogP contribution in [0.1, 0.15) is 39.5 Å². The largest absolute Gasteiger partial charge is 0.463 e. The second-order valence-corrected chi connectivity index (χ2v) is 3.78. The van der Waals surface area contributed by atoms with Gasteiger partial charge in [0.2, 0.25) is 5.91 Å². The first-order valence-corrected chi connectivity index (χ1v) is 5.02. The number of carbonyl (C=O) groups is 2. The molecule has 0 saturated heterocycles. The molecule has 0 radical (unpaired) electrons. The van der Waals surface area contributed by atoms with E-state index in [1.54, 1.807) is 0 Å². The Morgan fingerprint density at radius 2 is 1.71 bits per heavy atom.